The second-order valence-corrected chi connectivity index (χ2v) is 7.27. The number of nitrogens with zero attached hydrogens (tertiary/aromatic N) is 2. The molecule has 4 rings (SSSR count). The summed E-state index contributed by atoms with van der Waals surface area (Å²) in [4.78, 5) is 16.4. The Hall–Kier alpha value is -3.25. The van der Waals surface area contributed by atoms with E-state index in [1.165, 1.54) is 0 Å². The number of thioether (sulfide) groups is 1. The molecule has 0 spiro atoms. The number of hydrogen-bond donors (Lipinski definition) is 1. The molecule has 0 amide bonds. The molecule has 6 heteroatoms. The van der Waals surface area contributed by atoms with E-state index < -0.39 is 5.97 Å². The van der Waals surface area contributed by atoms with Crippen molar-refractivity contribution >= 4 is 45.8 Å². The van der Waals surface area contributed by atoms with Gasteiger partial charge < -0.3 is 14.1 Å². The molecule has 4 aromatic rings. The summed E-state index contributed by atoms with van der Waals surface area (Å²) in [6.45, 7) is 6.46. The third-order valence-corrected chi connectivity index (χ3v) is 5.41. The van der Waals surface area contributed by atoms with Crippen LogP contribution in [0.2, 0.25) is 0 Å². The topological polar surface area (TPSA) is 68.3 Å². The number of fused-ring (bicyclic) bond motifs is 2. The van der Waals surface area contributed by atoms with Gasteiger partial charge in [0.2, 0.25) is 0 Å². The first-order valence-corrected chi connectivity index (χ1v) is 9.57. The van der Waals surface area contributed by atoms with Crippen LogP contribution in [0.15, 0.2) is 75.7 Å². The number of benzene rings is 2. The number of aromatic nitrogens is 2. The predicted octanol–water partition coefficient (Wildman–Crippen LogP) is 5.49. The minimum Gasteiger partial charge on any atom is -0.477 e. The molecule has 1 N–H and O–H groups in total. The monoisotopic (exact) mass is 390 g/mol. The molecular weight excluding hydrogens is 372 g/mol. The second kappa shape index (κ2) is 7.40. The minimum atomic E-state index is -1.02. The molecule has 0 aliphatic heterocycles. The Labute approximate surface area is 166 Å². The summed E-state index contributed by atoms with van der Waals surface area (Å²) < 4.78 is 7.80. The summed E-state index contributed by atoms with van der Waals surface area (Å²) in [5.41, 5.74) is 4.24. The lowest BCUT2D eigenvalue weighted by Crippen LogP contribution is -1.99. The lowest BCUT2D eigenvalue weighted by Gasteiger charge is -2.04. The molecule has 2 heterocycles. The molecule has 0 saturated carbocycles. The maximum atomic E-state index is 11.9. The number of carboxylic acids is 1. The van der Waals surface area contributed by atoms with Crippen molar-refractivity contribution in [2.24, 2.45) is 0 Å². The van der Waals surface area contributed by atoms with E-state index in [2.05, 4.69) is 16.1 Å². The first kappa shape index (κ1) is 18.1. The van der Waals surface area contributed by atoms with Crippen molar-refractivity contribution in [3.05, 3.63) is 77.3 Å². The Balaban J connectivity index is 1.81. The van der Waals surface area contributed by atoms with E-state index in [-0.39, 0.29) is 4.91 Å². The van der Waals surface area contributed by atoms with Gasteiger partial charge >= 0.3 is 5.97 Å². The zero-order valence-electron chi connectivity index (χ0n) is 15.3. The molecule has 0 unspecified atom stereocenters. The van der Waals surface area contributed by atoms with Crippen molar-refractivity contribution in [2.45, 2.75) is 18.7 Å². The SMILES string of the molecule is C=CCn1c(C)c(/C=C(\Sc2nc3ccccc3o2)C(=O)O)c2ccccc21. The number of rotatable bonds is 6. The van der Waals surface area contributed by atoms with Gasteiger partial charge in [-0.3, -0.25) is 0 Å². The molecule has 0 fully saturated rings. The van der Waals surface area contributed by atoms with Crippen LogP contribution in [-0.4, -0.2) is 20.6 Å². The van der Waals surface area contributed by atoms with Gasteiger partial charge in [-0.1, -0.05) is 36.4 Å². The fourth-order valence-electron chi connectivity index (χ4n) is 3.26. The van der Waals surface area contributed by atoms with Gasteiger partial charge in [0.25, 0.3) is 5.22 Å². The van der Waals surface area contributed by atoms with Crippen LogP contribution in [0.4, 0.5) is 0 Å². The van der Waals surface area contributed by atoms with Crippen LogP contribution in [0.3, 0.4) is 0 Å². The molecule has 2 aromatic heterocycles. The van der Waals surface area contributed by atoms with Crippen LogP contribution in [-0.2, 0) is 11.3 Å². The fourth-order valence-corrected chi connectivity index (χ4v) is 3.99. The van der Waals surface area contributed by atoms with Gasteiger partial charge in [-0.15, -0.1) is 6.58 Å². The largest absolute Gasteiger partial charge is 0.477 e. The van der Waals surface area contributed by atoms with Crippen LogP contribution in [0.5, 0.6) is 0 Å². The van der Waals surface area contributed by atoms with Gasteiger partial charge in [0, 0.05) is 28.7 Å². The van der Waals surface area contributed by atoms with Crippen molar-refractivity contribution in [3.63, 3.8) is 0 Å². The highest BCUT2D eigenvalue weighted by Crippen LogP contribution is 2.34. The molecule has 0 radical (unpaired) electrons. The van der Waals surface area contributed by atoms with E-state index in [1.54, 1.807) is 6.08 Å². The van der Waals surface area contributed by atoms with Crippen LogP contribution in [0.25, 0.3) is 28.1 Å². The Morgan fingerprint density at radius 2 is 2.00 bits per heavy atom. The Kier molecular flexibility index (Phi) is 4.79. The van der Waals surface area contributed by atoms with Gasteiger partial charge in [-0.2, -0.15) is 0 Å². The maximum Gasteiger partial charge on any atom is 0.342 e. The predicted molar refractivity (Wildman–Crippen MR) is 112 cm³/mol. The first-order chi connectivity index (χ1) is 13.6. The van der Waals surface area contributed by atoms with Crippen molar-refractivity contribution in [3.8, 4) is 0 Å². The number of oxazole rings is 1. The standard InChI is InChI=1S/C22H18N2O3S/c1-3-12-24-14(2)16(15-8-4-6-10-18(15)24)13-20(21(25)26)28-22-23-17-9-5-7-11-19(17)27-22/h3-11,13H,1,12H2,2H3,(H,25,26)/b20-13-. The molecule has 0 saturated heterocycles. The zero-order chi connectivity index (χ0) is 19.7. The third kappa shape index (κ3) is 3.23. The van der Waals surface area contributed by atoms with Crippen molar-refractivity contribution in [1.82, 2.24) is 9.55 Å². The highest BCUT2D eigenvalue weighted by molar-refractivity contribution is 8.03. The van der Waals surface area contributed by atoms with Gasteiger partial charge in [0.1, 0.15) is 10.4 Å². The van der Waals surface area contributed by atoms with Crippen LogP contribution in [0.1, 0.15) is 11.3 Å². The van der Waals surface area contributed by atoms with Crippen LogP contribution < -0.4 is 0 Å². The maximum absolute atomic E-state index is 11.9. The number of allylic oxidation sites excluding steroid dienone is 1. The van der Waals surface area contributed by atoms with Crippen molar-refractivity contribution in [1.29, 1.82) is 0 Å². The normalized spacial score (nSPS) is 12.0. The highest BCUT2D eigenvalue weighted by atomic mass is 32.2. The summed E-state index contributed by atoms with van der Waals surface area (Å²) >= 11 is 1.01. The second-order valence-electron chi connectivity index (χ2n) is 6.28. The quantitative estimate of drug-likeness (QED) is 0.268. The number of carboxylic acid groups (broad SMARTS) is 1. The van der Waals surface area contributed by atoms with Gasteiger partial charge in [0.05, 0.1) is 0 Å². The lowest BCUT2D eigenvalue weighted by molar-refractivity contribution is -0.131. The van der Waals surface area contributed by atoms with E-state index in [1.807, 2.05) is 61.5 Å². The number of aliphatic carboxylic acids is 1. The van der Waals surface area contributed by atoms with Crippen molar-refractivity contribution < 1.29 is 14.3 Å². The molecule has 0 aliphatic rings. The number of para-hydroxylation sites is 3. The fraction of sp³-hybridized carbons (Fsp3) is 0.0909. The molecule has 140 valence electrons. The minimum absolute atomic E-state index is 0.149. The van der Waals surface area contributed by atoms with E-state index in [4.69, 9.17) is 4.42 Å². The Morgan fingerprint density at radius 3 is 2.75 bits per heavy atom. The third-order valence-electron chi connectivity index (χ3n) is 4.55. The highest BCUT2D eigenvalue weighted by Gasteiger charge is 2.18. The smallest absolute Gasteiger partial charge is 0.342 e. The van der Waals surface area contributed by atoms with E-state index >= 15 is 0 Å². The summed E-state index contributed by atoms with van der Waals surface area (Å²) in [6.07, 6.45) is 3.53. The van der Waals surface area contributed by atoms with Crippen LogP contribution >= 0.6 is 11.8 Å². The molecule has 5 nitrogen and oxygen atoms in total. The molecule has 0 bridgehead atoms. The van der Waals surface area contributed by atoms with Crippen molar-refractivity contribution in [2.75, 3.05) is 0 Å². The van der Waals surface area contributed by atoms with E-state index in [9.17, 15) is 9.90 Å². The molecule has 0 atom stereocenters. The number of carbonyl (C=O) groups is 1. The zero-order valence-corrected chi connectivity index (χ0v) is 16.1. The molecule has 28 heavy (non-hydrogen) atoms. The van der Waals surface area contributed by atoms with E-state index in [0.717, 1.165) is 33.9 Å². The average molecular weight is 390 g/mol. The Bertz CT molecular complexity index is 1200. The molecular formula is C22H18N2O3S. The summed E-state index contributed by atoms with van der Waals surface area (Å²) in [7, 11) is 0. The molecule has 0 aliphatic carbocycles. The molecule has 2 aromatic carbocycles. The summed E-state index contributed by atoms with van der Waals surface area (Å²) in [5.74, 6) is -1.02. The first-order valence-electron chi connectivity index (χ1n) is 8.75. The van der Waals surface area contributed by atoms with Gasteiger partial charge in [0.15, 0.2) is 5.58 Å². The lowest BCUT2D eigenvalue weighted by atomic mass is 10.1. The summed E-state index contributed by atoms with van der Waals surface area (Å²) in [6, 6.07) is 15.3. The van der Waals surface area contributed by atoms with Crippen LogP contribution in [0, 0.1) is 6.92 Å². The summed E-state index contributed by atoms with van der Waals surface area (Å²) in [5, 5.41) is 11.1. The average Bonchev–Trinajstić information content (AvgIpc) is 3.21. The Morgan fingerprint density at radius 1 is 1.25 bits per heavy atom. The van der Waals surface area contributed by atoms with Gasteiger partial charge in [-0.05, 0) is 43.0 Å². The number of hydrogen-bond acceptors (Lipinski definition) is 4. The van der Waals surface area contributed by atoms with Gasteiger partial charge in [-0.25, -0.2) is 9.78 Å². The van der Waals surface area contributed by atoms with E-state index in [0.29, 0.717) is 22.9 Å².